The average Bonchev–Trinajstić information content (AvgIpc) is 2.52. The van der Waals surface area contributed by atoms with Crippen LogP contribution in [-0.4, -0.2) is 32.9 Å². The molecule has 128 valence electrons. The molecule has 0 aliphatic rings. The van der Waals surface area contributed by atoms with E-state index in [-0.39, 0.29) is 11.7 Å². The van der Waals surface area contributed by atoms with Crippen LogP contribution < -0.4 is 5.32 Å². The molecule has 1 amide bonds. The number of halogens is 1. The van der Waals surface area contributed by atoms with Crippen molar-refractivity contribution in [2.75, 3.05) is 18.6 Å². The maximum atomic E-state index is 12.0. The van der Waals surface area contributed by atoms with Gasteiger partial charge in [-0.3, -0.25) is 4.79 Å². The smallest absolute Gasteiger partial charge is 0.251 e. The summed E-state index contributed by atoms with van der Waals surface area (Å²) in [5, 5.41) is 3.55. The minimum atomic E-state index is -3.07. The molecule has 0 saturated carbocycles. The molecule has 0 fully saturated rings. The van der Waals surface area contributed by atoms with E-state index in [9.17, 15) is 13.2 Å². The maximum Gasteiger partial charge on any atom is 0.251 e. The Hall–Kier alpha value is -1.50. The Morgan fingerprint density at radius 1 is 1.08 bits per heavy atom. The number of benzene rings is 2. The number of nitrogens with one attached hydrogen (secondary N) is 1. The highest BCUT2D eigenvalue weighted by Gasteiger charge is 2.07. The third-order valence-electron chi connectivity index (χ3n) is 3.11. The van der Waals surface area contributed by atoms with Crippen LogP contribution in [0.5, 0.6) is 0 Å². The van der Waals surface area contributed by atoms with E-state index < -0.39 is 9.84 Å². The van der Waals surface area contributed by atoms with Crippen molar-refractivity contribution in [3.8, 4) is 0 Å². The number of sulfone groups is 1. The molecule has 0 aliphatic carbocycles. The van der Waals surface area contributed by atoms with Crippen LogP contribution in [0.15, 0.2) is 53.4 Å². The molecule has 0 heterocycles. The van der Waals surface area contributed by atoms with E-state index in [2.05, 4.69) is 5.32 Å². The van der Waals surface area contributed by atoms with Crippen molar-refractivity contribution < 1.29 is 13.2 Å². The van der Waals surface area contributed by atoms with Crippen LogP contribution in [0.3, 0.4) is 0 Å². The summed E-state index contributed by atoms with van der Waals surface area (Å²) in [6.07, 6.45) is 1.19. The van der Waals surface area contributed by atoms with Crippen LogP contribution in [0.25, 0.3) is 0 Å². The van der Waals surface area contributed by atoms with Gasteiger partial charge >= 0.3 is 0 Å². The van der Waals surface area contributed by atoms with Crippen LogP contribution in [-0.2, 0) is 15.6 Å². The number of thioether (sulfide) groups is 1. The Labute approximate surface area is 151 Å². The fourth-order valence-electron chi connectivity index (χ4n) is 2.02. The fraction of sp³-hybridized carbons (Fsp3) is 0.235. The molecule has 0 spiro atoms. The second kappa shape index (κ2) is 8.55. The van der Waals surface area contributed by atoms with Gasteiger partial charge in [0.1, 0.15) is 0 Å². The summed E-state index contributed by atoms with van der Waals surface area (Å²) in [6.45, 7) is 0.539. The third kappa shape index (κ3) is 6.55. The molecule has 1 N–H and O–H groups in total. The van der Waals surface area contributed by atoms with Gasteiger partial charge in [-0.05, 0) is 42.0 Å². The van der Waals surface area contributed by atoms with E-state index in [1.54, 1.807) is 36.0 Å². The molecule has 0 aromatic heterocycles. The minimum absolute atomic E-state index is 0.0212. The number of hydrogen-bond donors (Lipinski definition) is 1. The number of carbonyl (C=O) groups excluding carboxylic acids is 1. The first kappa shape index (κ1) is 18.8. The number of carbonyl (C=O) groups is 1. The Kier molecular flexibility index (Phi) is 6.71. The topological polar surface area (TPSA) is 63.2 Å². The molecule has 0 unspecified atom stereocenters. The molecular formula is C17H18ClNO3S2. The predicted octanol–water partition coefficient (Wildman–Crippen LogP) is 3.41. The Morgan fingerprint density at radius 3 is 2.29 bits per heavy atom. The van der Waals surface area contributed by atoms with Crippen LogP contribution in [0.1, 0.15) is 15.9 Å². The van der Waals surface area contributed by atoms with Crippen molar-refractivity contribution in [1.82, 2.24) is 5.32 Å². The lowest BCUT2D eigenvalue weighted by molar-refractivity contribution is 0.0956. The van der Waals surface area contributed by atoms with Gasteiger partial charge in [-0.25, -0.2) is 8.42 Å². The SMILES string of the molecule is CS(=O)(=O)Cc1ccc(C(=O)NCCSc2ccc(Cl)cc2)cc1. The zero-order valence-corrected chi connectivity index (χ0v) is 15.5. The highest BCUT2D eigenvalue weighted by molar-refractivity contribution is 7.99. The molecular weight excluding hydrogens is 366 g/mol. The maximum absolute atomic E-state index is 12.0. The Morgan fingerprint density at radius 2 is 1.71 bits per heavy atom. The molecule has 2 aromatic carbocycles. The first-order chi connectivity index (χ1) is 11.3. The standard InChI is InChI=1S/C17H18ClNO3S2/c1-24(21,22)12-13-2-4-14(5-3-13)17(20)19-10-11-23-16-8-6-15(18)7-9-16/h2-9H,10-12H2,1H3,(H,19,20). The molecule has 2 rings (SSSR count). The zero-order valence-electron chi connectivity index (χ0n) is 13.2. The molecule has 0 atom stereocenters. The molecule has 7 heteroatoms. The lowest BCUT2D eigenvalue weighted by Crippen LogP contribution is -2.25. The van der Waals surface area contributed by atoms with Crippen molar-refractivity contribution in [3.63, 3.8) is 0 Å². The van der Waals surface area contributed by atoms with Gasteiger partial charge in [-0.2, -0.15) is 0 Å². The van der Waals surface area contributed by atoms with E-state index in [0.717, 1.165) is 10.6 Å². The van der Waals surface area contributed by atoms with Crippen molar-refractivity contribution >= 4 is 39.1 Å². The highest BCUT2D eigenvalue weighted by Crippen LogP contribution is 2.19. The van der Waals surface area contributed by atoms with E-state index in [0.29, 0.717) is 22.7 Å². The molecule has 0 saturated heterocycles. The average molecular weight is 384 g/mol. The lowest BCUT2D eigenvalue weighted by Gasteiger charge is -2.06. The van der Waals surface area contributed by atoms with Crippen LogP contribution in [0.2, 0.25) is 5.02 Å². The fourth-order valence-corrected chi connectivity index (χ4v) is 3.71. The number of rotatable bonds is 7. The van der Waals surface area contributed by atoms with E-state index >= 15 is 0 Å². The highest BCUT2D eigenvalue weighted by atomic mass is 35.5. The van der Waals surface area contributed by atoms with E-state index in [4.69, 9.17) is 11.6 Å². The van der Waals surface area contributed by atoms with Gasteiger partial charge in [0.15, 0.2) is 9.84 Å². The summed E-state index contributed by atoms with van der Waals surface area (Å²) in [4.78, 5) is 13.1. The van der Waals surface area contributed by atoms with Crippen LogP contribution in [0, 0.1) is 0 Å². The van der Waals surface area contributed by atoms with Gasteiger partial charge in [-0.1, -0.05) is 23.7 Å². The van der Waals surface area contributed by atoms with Gasteiger partial charge in [-0.15, -0.1) is 11.8 Å². The predicted molar refractivity (Wildman–Crippen MR) is 99.5 cm³/mol. The molecule has 4 nitrogen and oxygen atoms in total. The molecule has 2 aromatic rings. The zero-order chi connectivity index (χ0) is 17.6. The first-order valence-corrected chi connectivity index (χ1v) is 10.7. The van der Waals surface area contributed by atoms with Gasteiger partial charge < -0.3 is 5.32 Å². The second-order valence-corrected chi connectivity index (χ2v) is 9.07. The normalized spacial score (nSPS) is 11.2. The summed E-state index contributed by atoms with van der Waals surface area (Å²) < 4.78 is 22.5. The lowest BCUT2D eigenvalue weighted by atomic mass is 10.1. The second-order valence-electron chi connectivity index (χ2n) is 5.33. The summed E-state index contributed by atoms with van der Waals surface area (Å²) in [5.41, 5.74) is 1.19. The Bertz CT molecular complexity index is 788. The molecule has 24 heavy (non-hydrogen) atoms. The van der Waals surface area contributed by atoms with Gasteiger partial charge in [0.25, 0.3) is 5.91 Å². The molecule has 0 bridgehead atoms. The molecule has 0 radical (unpaired) electrons. The van der Waals surface area contributed by atoms with Crippen LogP contribution >= 0.6 is 23.4 Å². The molecule has 0 aliphatic heterocycles. The summed E-state index contributed by atoms with van der Waals surface area (Å²) >= 11 is 7.46. The van der Waals surface area contributed by atoms with Gasteiger partial charge in [0, 0.05) is 34.0 Å². The monoisotopic (exact) mass is 383 g/mol. The van der Waals surface area contributed by atoms with Gasteiger partial charge in [0.05, 0.1) is 5.75 Å². The van der Waals surface area contributed by atoms with Crippen molar-refractivity contribution in [2.24, 2.45) is 0 Å². The third-order valence-corrected chi connectivity index (χ3v) is 5.24. The van der Waals surface area contributed by atoms with E-state index in [1.165, 1.54) is 6.26 Å². The minimum Gasteiger partial charge on any atom is -0.351 e. The van der Waals surface area contributed by atoms with Crippen LogP contribution in [0.4, 0.5) is 0 Å². The first-order valence-electron chi connectivity index (χ1n) is 7.27. The summed E-state index contributed by atoms with van der Waals surface area (Å²) in [7, 11) is -3.07. The van der Waals surface area contributed by atoms with Crippen molar-refractivity contribution in [2.45, 2.75) is 10.6 Å². The Balaban J connectivity index is 1.79. The summed E-state index contributed by atoms with van der Waals surface area (Å²) in [6, 6.07) is 14.2. The van der Waals surface area contributed by atoms with Gasteiger partial charge in [0.2, 0.25) is 0 Å². The number of amides is 1. The van der Waals surface area contributed by atoms with Crippen molar-refractivity contribution in [1.29, 1.82) is 0 Å². The van der Waals surface area contributed by atoms with E-state index in [1.807, 2.05) is 24.3 Å². The quantitative estimate of drug-likeness (QED) is 0.587. The summed E-state index contributed by atoms with van der Waals surface area (Å²) in [5.74, 6) is 0.559. The van der Waals surface area contributed by atoms with Crippen molar-refractivity contribution in [3.05, 3.63) is 64.7 Å². The number of hydrogen-bond acceptors (Lipinski definition) is 4. The largest absolute Gasteiger partial charge is 0.351 e.